The summed E-state index contributed by atoms with van der Waals surface area (Å²) >= 11 is 0. The van der Waals surface area contributed by atoms with E-state index in [1.54, 1.807) is 30.3 Å². The van der Waals surface area contributed by atoms with E-state index >= 15 is 0 Å². The highest BCUT2D eigenvalue weighted by Crippen LogP contribution is 2.35. The number of benzene rings is 1. The molecule has 1 aliphatic carbocycles. The molecule has 5 nitrogen and oxygen atoms in total. The van der Waals surface area contributed by atoms with Gasteiger partial charge in [-0.25, -0.2) is 0 Å². The van der Waals surface area contributed by atoms with Crippen molar-refractivity contribution in [2.45, 2.75) is 39.4 Å². The minimum absolute atomic E-state index is 0.0102. The van der Waals surface area contributed by atoms with E-state index in [9.17, 15) is 18.0 Å². The predicted octanol–water partition coefficient (Wildman–Crippen LogP) is 3.07. The number of carbonyl (C=O) groups is 1. The third-order valence-corrected chi connectivity index (χ3v) is 3.93. The van der Waals surface area contributed by atoms with Crippen LogP contribution in [0.1, 0.15) is 31.4 Å². The van der Waals surface area contributed by atoms with Crippen LogP contribution in [0.3, 0.4) is 0 Å². The number of hydrogen-bond acceptors (Lipinski definition) is 4. The highest BCUT2D eigenvalue weighted by atomic mass is 19.4. The molecule has 8 heteroatoms. The normalized spacial score (nSPS) is 18.4. The summed E-state index contributed by atoms with van der Waals surface area (Å²) in [7, 11) is 0. The molecule has 0 saturated heterocycles. The van der Waals surface area contributed by atoms with Crippen molar-refractivity contribution in [1.82, 2.24) is 10.6 Å². The molecular formula is C19H23F3N2O3. The lowest BCUT2D eigenvalue weighted by molar-refractivity contribution is -0.302. The monoisotopic (exact) mass is 384 g/mol. The summed E-state index contributed by atoms with van der Waals surface area (Å²) in [5.74, 6) is -0.491. The van der Waals surface area contributed by atoms with Gasteiger partial charge < -0.3 is 15.2 Å². The number of nitrogens with one attached hydrogen (secondary N) is 2. The number of hydrogen-bond donors (Lipinski definition) is 3. The Labute approximate surface area is 155 Å². The van der Waals surface area contributed by atoms with E-state index in [-0.39, 0.29) is 30.7 Å². The topological polar surface area (TPSA) is 70.6 Å². The van der Waals surface area contributed by atoms with Crippen LogP contribution in [0.4, 0.5) is 13.2 Å². The second kappa shape index (κ2) is 9.05. The fraction of sp³-hybridized carbons (Fsp3) is 0.421. The maximum absolute atomic E-state index is 12.7. The molecule has 1 aromatic rings. The van der Waals surface area contributed by atoms with Gasteiger partial charge in [-0.15, -0.1) is 13.2 Å². The Morgan fingerprint density at radius 1 is 1.33 bits per heavy atom. The van der Waals surface area contributed by atoms with Crippen LogP contribution < -0.4 is 10.6 Å². The van der Waals surface area contributed by atoms with Gasteiger partial charge in [0.05, 0.1) is 6.54 Å². The van der Waals surface area contributed by atoms with E-state index in [0.717, 1.165) is 5.56 Å². The van der Waals surface area contributed by atoms with Crippen molar-refractivity contribution in [2.24, 2.45) is 5.92 Å². The standard InChI is InChI=1S/C19H23F3N2O3/c1-12-3-8-16(17(9-12)27-19(20,21)22)15-6-4-14(5-7-15)10-24-18(26)11-23-13(2)25/h4-9,12-13,23,25H,3,10-11H2,1-2H3,(H,24,26). The fourth-order valence-corrected chi connectivity index (χ4v) is 2.60. The highest BCUT2D eigenvalue weighted by molar-refractivity contribution is 5.79. The first-order valence-electron chi connectivity index (χ1n) is 8.59. The van der Waals surface area contributed by atoms with Crippen molar-refractivity contribution in [2.75, 3.05) is 6.54 Å². The molecule has 0 bridgehead atoms. The average Bonchev–Trinajstić information content (AvgIpc) is 2.57. The largest absolute Gasteiger partial charge is 0.573 e. The smallest absolute Gasteiger partial charge is 0.405 e. The molecule has 1 aliphatic rings. The number of aliphatic hydroxyl groups is 1. The number of aliphatic hydroxyl groups excluding tert-OH is 1. The summed E-state index contributed by atoms with van der Waals surface area (Å²) < 4.78 is 42.2. The Kier molecular flexibility index (Phi) is 7.04. The first-order valence-corrected chi connectivity index (χ1v) is 8.59. The number of allylic oxidation sites excluding steroid dienone is 3. The number of carbonyl (C=O) groups excluding carboxylic acids is 1. The van der Waals surface area contributed by atoms with E-state index in [1.807, 2.05) is 6.92 Å². The first kappa shape index (κ1) is 21.0. The predicted molar refractivity (Wildman–Crippen MR) is 95.0 cm³/mol. The molecule has 0 saturated carbocycles. The molecule has 1 aromatic carbocycles. The van der Waals surface area contributed by atoms with Gasteiger partial charge in [-0.2, -0.15) is 0 Å². The molecule has 0 spiro atoms. The first-order chi connectivity index (χ1) is 12.6. The van der Waals surface area contributed by atoms with Gasteiger partial charge in [0.25, 0.3) is 0 Å². The molecule has 0 fully saturated rings. The van der Waals surface area contributed by atoms with Gasteiger partial charge >= 0.3 is 6.36 Å². The van der Waals surface area contributed by atoms with Gasteiger partial charge in [-0.3, -0.25) is 10.1 Å². The van der Waals surface area contributed by atoms with Gasteiger partial charge in [0.1, 0.15) is 12.0 Å². The zero-order valence-corrected chi connectivity index (χ0v) is 15.1. The number of amides is 1. The number of ether oxygens (including phenoxy) is 1. The lowest BCUT2D eigenvalue weighted by Crippen LogP contribution is -2.37. The summed E-state index contributed by atoms with van der Waals surface area (Å²) in [6, 6.07) is 6.87. The lowest BCUT2D eigenvalue weighted by atomic mass is 9.92. The minimum Gasteiger partial charge on any atom is -0.405 e. The van der Waals surface area contributed by atoms with Crippen LogP contribution in [0.25, 0.3) is 5.57 Å². The van der Waals surface area contributed by atoms with Crippen LogP contribution in [-0.2, 0) is 16.1 Å². The SMILES string of the molecule is CC1C=C(OC(F)(F)F)C(c2ccc(CNC(=O)CNC(C)O)cc2)=CC1. The van der Waals surface area contributed by atoms with Crippen LogP contribution in [0.5, 0.6) is 0 Å². The second-order valence-electron chi connectivity index (χ2n) is 6.44. The molecule has 0 aromatic heterocycles. The van der Waals surface area contributed by atoms with E-state index in [2.05, 4.69) is 15.4 Å². The highest BCUT2D eigenvalue weighted by Gasteiger charge is 2.34. The molecule has 0 radical (unpaired) electrons. The molecular weight excluding hydrogens is 361 g/mol. The number of alkyl halides is 3. The average molecular weight is 384 g/mol. The number of rotatable bonds is 7. The second-order valence-corrected chi connectivity index (χ2v) is 6.44. The zero-order chi connectivity index (χ0) is 20.0. The summed E-state index contributed by atoms with van der Waals surface area (Å²) in [6.07, 6.45) is -1.67. The molecule has 0 aliphatic heterocycles. The molecule has 27 heavy (non-hydrogen) atoms. The van der Waals surface area contributed by atoms with Crippen molar-refractivity contribution in [3.05, 3.63) is 53.3 Å². The molecule has 2 rings (SSSR count). The minimum atomic E-state index is -4.74. The Balaban J connectivity index is 2.01. The van der Waals surface area contributed by atoms with Crippen molar-refractivity contribution in [3.63, 3.8) is 0 Å². The van der Waals surface area contributed by atoms with E-state index in [4.69, 9.17) is 5.11 Å². The summed E-state index contributed by atoms with van der Waals surface area (Å²) in [4.78, 5) is 11.6. The molecule has 1 amide bonds. The molecule has 2 atom stereocenters. The van der Waals surface area contributed by atoms with Crippen molar-refractivity contribution in [3.8, 4) is 0 Å². The van der Waals surface area contributed by atoms with E-state index in [0.29, 0.717) is 17.6 Å². The summed E-state index contributed by atoms with van der Waals surface area (Å²) in [5, 5.41) is 14.3. The van der Waals surface area contributed by atoms with Crippen LogP contribution in [-0.4, -0.2) is 30.1 Å². The van der Waals surface area contributed by atoms with Crippen LogP contribution in [0, 0.1) is 5.92 Å². The Hall–Kier alpha value is -2.32. The summed E-state index contributed by atoms with van der Waals surface area (Å²) in [5.41, 5.74) is 1.82. The quantitative estimate of drug-likeness (QED) is 0.632. The van der Waals surface area contributed by atoms with Gasteiger partial charge in [0.15, 0.2) is 0 Å². The van der Waals surface area contributed by atoms with Crippen LogP contribution in [0.2, 0.25) is 0 Å². The maximum atomic E-state index is 12.7. The Bertz CT molecular complexity index is 710. The number of halogens is 3. The molecule has 3 N–H and O–H groups in total. The van der Waals surface area contributed by atoms with Crippen LogP contribution in [0.15, 0.2) is 42.2 Å². The Morgan fingerprint density at radius 2 is 2.00 bits per heavy atom. The molecule has 0 heterocycles. The summed E-state index contributed by atoms with van der Waals surface area (Å²) in [6.45, 7) is 3.60. The van der Waals surface area contributed by atoms with E-state index in [1.165, 1.54) is 13.0 Å². The third-order valence-electron chi connectivity index (χ3n) is 3.93. The van der Waals surface area contributed by atoms with Crippen molar-refractivity contribution < 1.29 is 27.8 Å². The zero-order valence-electron chi connectivity index (χ0n) is 15.1. The molecule has 148 valence electrons. The Morgan fingerprint density at radius 3 is 2.59 bits per heavy atom. The van der Waals surface area contributed by atoms with Gasteiger partial charge in [0.2, 0.25) is 5.91 Å². The lowest BCUT2D eigenvalue weighted by Gasteiger charge is -2.21. The van der Waals surface area contributed by atoms with Gasteiger partial charge in [0, 0.05) is 12.1 Å². The van der Waals surface area contributed by atoms with E-state index < -0.39 is 12.6 Å². The van der Waals surface area contributed by atoms with Crippen molar-refractivity contribution >= 4 is 11.5 Å². The van der Waals surface area contributed by atoms with Gasteiger partial charge in [-0.05, 0) is 36.5 Å². The maximum Gasteiger partial charge on any atom is 0.573 e. The van der Waals surface area contributed by atoms with Gasteiger partial charge in [-0.1, -0.05) is 37.3 Å². The molecule has 2 unspecified atom stereocenters. The van der Waals surface area contributed by atoms with Crippen molar-refractivity contribution in [1.29, 1.82) is 0 Å². The third kappa shape index (κ3) is 7.07. The fourth-order valence-electron chi connectivity index (χ4n) is 2.60. The van der Waals surface area contributed by atoms with Crippen LogP contribution >= 0.6 is 0 Å².